The van der Waals surface area contributed by atoms with Crippen molar-refractivity contribution in [3.05, 3.63) is 90.0 Å². The topological polar surface area (TPSA) is 168 Å². The first-order chi connectivity index (χ1) is 22.6. The van der Waals surface area contributed by atoms with Crippen LogP contribution in [0.4, 0.5) is 17.1 Å². The van der Waals surface area contributed by atoms with Crippen LogP contribution in [0.1, 0.15) is 56.5 Å². The average Bonchev–Trinajstić information content (AvgIpc) is 3.02. The van der Waals surface area contributed by atoms with Crippen LogP contribution in [-0.2, 0) is 35.1 Å². The lowest BCUT2D eigenvalue weighted by molar-refractivity contribution is -0.125. The van der Waals surface area contributed by atoms with Crippen LogP contribution >= 0.6 is 0 Å². The highest BCUT2D eigenvalue weighted by molar-refractivity contribution is 7.92. The molecule has 4 aromatic rings. The van der Waals surface area contributed by atoms with E-state index in [9.17, 15) is 31.2 Å². The van der Waals surface area contributed by atoms with Gasteiger partial charge in [0.05, 0.1) is 21.7 Å². The molecular formula is C35H34N4O7S2. The van der Waals surface area contributed by atoms with E-state index in [0.29, 0.717) is 39.9 Å². The molecule has 3 N–H and O–H groups in total. The van der Waals surface area contributed by atoms with Gasteiger partial charge in [-0.05, 0) is 84.5 Å². The molecule has 2 aliphatic rings. The summed E-state index contributed by atoms with van der Waals surface area (Å²) in [6.45, 7) is 7.27. The Balaban J connectivity index is 1.29. The summed E-state index contributed by atoms with van der Waals surface area (Å²) in [7, 11) is -8.61. The van der Waals surface area contributed by atoms with Gasteiger partial charge in [-0.2, -0.15) is 8.42 Å². The number of ketones is 2. The lowest BCUT2D eigenvalue weighted by Gasteiger charge is -2.39. The van der Waals surface area contributed by atoms with Crippen LogP contribution in [0.2, 0.25) is 0 Å². The maximum atomic E-state index is 14.1. The number of amidine groups is 1. The molecule has 0 aromatic heterocycles. The van der Waals surface area contributed by atoms with Crippen molar-refractivity contribution in [3.8, 4) is 0 Å². The van der Waals surface area contributed by atoms with E-state index in [1.807, 2.05) is 13.8 Å². The Labute approximate surface area is 279 Å². The average molecular weight is 687 g/mol. The molecule has 1 aliphatic heterocycles. The monoisotopic (exact) mass is 686 g/mol. The Morgan fingerprint density at radius 3 is 2.38 bits per heavy atom. The molecule has 2 atom stereocenters. The number of fused-ring (bicyclic) bond motifs is 3. The minimum Gasteiger partial charge on any atom is -0.341 e. The SMILES string of the molecule is CC(=O)Nc1ccc2cc(S(=O)(=O)Nc3ccc4c(c3)S(=O)(=O)N=C(C3C(=O)c5ccccc5[C@@](C)(CCC(C)C)C3=O)N4)ccc2c1. The number of Topliss-reactive ketones (excluding diaryl/α,β-unsaturated/α-hetero) is 2. The summed E-state index contributed by atoms with van der Waals surface area (Å²) in [6.07, 6.45) is 1.19. The third kappa shape index (κ3) is 5.99. The fourth-order valence-corrected chi connectivity index (χ4v) is 8.51. The van der Waals surface area contributed by atoms with Crippen molar-refractivity contribution in [3.63, 3.8) is 0 Å². The lowest BCUT2D eigenvalue weighted by atomic mass is 9.63. The third-order valence-corrected chi connectivity index (χ3v) is 11.5. The number of hydrogen-bond donors (Lipinski definition) is 3. The maximum absolute atomic E-state index is 14.1. The van der Waals surface area contributed by atoms with Crippen molar-refractivity contribution in [2.24, 2.45) is 16.2 Å². The molecule has 1 unspecified atom stereocenters. The summed E-state index contributed by atoms with van der Waals surface area (Å²) < 4.78 is 60.1. The maximum Gasteiger partial charge on any atom is 0.286 e. The molecule has 1 amide bonds. The van der Waals surface area contributed by atoms with Crippen LogP contribution in [0, 0.1) is 11.8 Å². The summed E-state index contributed by atoms with van der Waals surface area (Å²) in [4.78, 5) is 38.9. The molecule has 248 valence electrons. The van der Waals surface area contributed by atoms with E-state index in [2.05, 4.69) is 19.8 Å². The zero-order valence-corrected chi connectivity index (χ0v) is 28.3. The Kier molecular flexibility index (Phi) is 8.24. The Bertz CT molecular complexity index is 2280. The highest BCUT2D eigenvalue weighted by Gasteiger charge is 2.51. The Morgan fingerprint density at radius 1 is 0.958 bits per heavy atom. The largest absolute Gasteiger partial charge is 0.341 e. The number of nitrogens with zero attached hydrogens (tertiary/aromatic N) is 1. The number of sulfonamides is 2. The summed E-state index contributed by atoms with van der Waals surface area (Å²) in [5, 5.41) is 6.90. The molecule has 6 rings (SSSR count). The van der Waals surface area contributed by atoms with E-state index in [4.69, 9.17) is 0 Å². The van der Waals surface area contributed by atoms with E-state index in [1.54, 1.807) is 55.5 Å². The Morgan fingerprint density at radius 2 is 1.65 bits per heavy atom. The first-order valence-electron chi connectivity index (χ1n) is 15.4. The number of carbonyl (C=O) groups is 3. The van der Waals surface area contributed by atoms with Gasteiger partial charge in [0.25, 0.3) is 20.0 Å². The molecule has 0 fully saturated rings. The molecule has 48 heavy (non-hydrogen) atoms. The highest BCUT2D eigenvalue weighted by Crippen LogP contribution is 2.43. The molecule has 4 aromatic carbocycles. The summed E-state index contributed by atoms with van der Waals surface area (Å²) in [6, 6.07) is 20.3. The van der Waals surface area contributed by atoms with Gasteiger partial charge in [-0.1, -0.05) is 50.2 Å². The van der Waals surface area contributed by atoms with E-state index in [0.717, 1.165) is 12.5 Å². The minimum atomic E-state index is -4.46. The van der Waals surface area contributed by atoms with E-state index < -0.39 is 42.9 Å². The third-order valence-electron chi connectivity index (χ3n) is 8.79. The zero-order chi connectivity index (χ0) is 34.6. The number of benzene rings is 4. The predicted molar refractivity (Wildman–Crippen MR) is 184 cm³/mol. The second-order valence-corrected chi connectivity index (χ2v) is 16.0. The second kappa shape index (κ2) is 12.0. The first-order valence-corrected chi connectivity index (χ1v) is 18.3. The van der Waals surface area contributed by atoms with Crippen LogP contribution in [0.15, 0.2) is 93.1 Å². The fraction of sp³-hybridized carbons (Fsp3) is 0.257. The smallest absolute Gasteiger partial charge is 0.286 e. The Hall–Kier alpha value is -4.88. The first kappa shape index (κ1) is 33.0. The minimum absolute atomic E-state index is 0.0288. The fourth-order valence-electron chi connectivity index (χ4n) is 6.24. The number of nitrogens with one attached hydrogen (secondary N) is 3. The van der Waals surface area contributed by atoms with E-state index in [1.165, 1.54) is 31.2 Å². The van der Waals surface area contributed by atoms with Crippen molar-refractivity contribution in [2.45, 2.75) is 55.7 Å². The summed E-state index contributed by atoms with van der Waals surface area (Å²) in [5.74, 6) is -2.64. The summed E-state index contributed by atoms with van der Waals surface area (Å²) >= 11 is 0. The molecule has 0 spiro atoms. The second-order valence-electron chi connectivity index (χ2n) is 12.8. The molecular weight excluding hydrogens is 653 g/mol. The number of amides is 1. The van der Waals surface area contributed by atoms with Crippen LogP contribution in [0.25, 0.3) is 10.8 Å². The molecule has 11 nitrogen and oxygen atoms in total. The molecule has 0 radical (unpaired) electrons. The van der Waals surface area contributed by atoms with Crippen LogP contribution in [0.3, 0.4) is 0 Å². The van der Waals surface area contributed by atoms with Gasteiger partial charge in [0, 0.05) is 18.2 Å². The molecule has 0 saturated carbocycles. The van der Waals surface area contributed by atoms with Gasteiger partial charge in [-0.25, -0.2) is 8.42 Å². The standard InChI is InChI=1S/C35H34N4O7S2/c1-20(2)15-16-35(4)28-8-6-5-7-27(28)32(41)31(33(35)42)34-37-29-14-12-25(19-30(29)48(45,46)39-34)38-47(43,44)26-13-10-22-17-24(36-21(3)40)11-9-23(22)18-26/h5-14,17-20,31,38H,15-16H2,1-4H3,(H,36,40)(H,37,39)/t31?,35-/m1/s1. The van der Waals surface area contributed by atoms with E-state index >= 15 is 0 Å². The van der Waals surface area contributed by atoms with Gasteiger partial charge in [0.15, 0.2) is 11.6 Å². The van der Waals surface area contributed by atoms with E-state index in [-0.39, 0.29) is 32.9 Å². The van der Waals surface area contributed by atoms with Gasteiger partial charge in [-0.15, -0.1) is 4.40 Å². The number of carbonyl (C=O) groups excluding carboxylic acids is 3. The van der Waals surface area contributed by atoms with Crippen LogP contribution in [-0.4, -0.2) is 40.1 Å². The van der Waals surface area contributed by atoms with Crippen molar-refractivity contribution in [2.75, 3.05) is 15.4 Å². The number of hydrogen-bond acceptors (Lipinski definition) is 8. The van der Waals surface area contributed by atoms with Gasteiger partial charge >= 0.3 is 0 Å². The van der Waals surface area contributed by atoms with Gasteiger partial charge in [0.2, 0.25) is 5.91 Å². The van der Waals surface area contributed by atoms with Crippen molar-refractivity contribution in [1.29, 1.82) is 0 Å². The van der Waals surface area contributed by atoms with Crippen molar-refractivity contribution in [1.82, 2.24) is 0 Å². The quantitative estimate of drug-likeness (QED) is 0.193. The van der Waals surface area contributed by atoms with Gasteiger partial charge in [0.1, 0.15) is 16.6 Å². The van der Waals surface area contributed by atoms with Crippen molar-refractivity contribution < 1.29 is 31.2 Å². The lowest BCUT2D eigenvalue weighted by Crippen LogP contribution is -2.51. The summed E-state index contributed by atoms with van der Waals surface area (Å²) in [5.41, 5.74) is 0.542. The number of rotatable bonds is 8. The molecule has 1 aliphatic carbocycles. The normalized spacial score (nSPS) is 20.0. The molecule has 0 bridgehead atoms. The van der Waals surface area contributed by atoms with Gasteiger partial charge in [-0.3, -0.25) is 19.1 Å². The van der Waals surface area contributed by atoms with Crippen LogP contribution in [0.5, 0.6) is 0 Å². The van der Waals surface area contributed by atoms with Crippen LogP contribution < -0.4 is 15.4 Å². The van der Waals surface area contributed by atoms with Gasteiger partial charge < -0.3 is 10.6 Å². The number of anilines is 3. The highest BCUT2D eigenvalue weighted by atomic mass is 32.2. The molecule has 13 heteroatoms. The molecule has 1 heterocycles. The van der Waals surface area contributed by atoms with Crippen molar-refractivity contribution >= 4 is 71.2 Å². The zero-order valence-electron chi connectivity index (χ0n) is 26.7. The molecule has 0 saturated heterocycles. The predicted octanol–water partition coefficient (Wildman–Crippen LogP) is 5.89.